The molecule has 0 amide bonds. The van der Waals surface area contributed by atoms with E-state index in [4.69, 9.17) is 25.6 Å². The third-order valence-electron chi connectivity index (χ3n) is 4.66. The molecule has 0 saturated carbocycles. The second kappa shape index (κ2) is 10.8. The number of nitrogens with one attached hydrogen (secondary N) is 1. The summed E-state index contributed by atoms with van der Waals surface area (Å²) in [7, 11) is 0. The summed E-state index contributed by atoms with van der Waals surface area (Å²) in [5, 5.41) is 10.7. The Morgan fingerprint density at radius 3 is 2.00 bits per heavy atom. The highest BCUT2D eigenvalue weighted by Gasteiger charge is 2.07. The van der Waals surface area contributed by atoms with Crippen LogP contribution in [0.1, 0.15) is 49.6 Å². The number of amidine groups is 1. The second-order valence-electron chi connectivity index (χ2n) is 7.45. The number of ether oxygens (including phenoxy) is 2. The van der Waals surface area contributed by atoms with Crippen molar-refractivity contribution in [3.05, 3.63) is 64.5 Å². The Balaban J connectivity index is 1.32. The molecule has 158 valence electrons. The van der Waals surface area contributed by atoms with Crippen LogP contribution in [0.4, 0.5) is 0 Å². The van der Waals surface area contributed by atoms with Crippen LogP contribution in [0.2, 0.25) is 0 Å². The number of benzene rings is 2. The van der Waals surface area contributed by atoms with Crippen LogP contribution in [-0.4, -0.2) is 24.0 Å². The monoisotopic (exact) mass is 423 g/mol. The van der Waals surface area contributed by atoms with Crippen LogP contribution in [0.25, 0.3) is 11.3 Å². The maximum absolute atomic E-state index is 7.39. The molecule has 3 rings (SSSR count). The van der Waals surface area contributed by atoms with Crippen LogP contribution in [0.5, 0.6) is 11.5 Å². The number of nitrogen functional groups attached to an aromatic ring is 1. The fourth-order valence-electron chi connectivity index (χ4n) is 2.90. The summed E-state index contributed by atoms with van der Waals surface area (Å²) in [6.45, 7) is 5.69. The SMILES string of the molecule is CC(C)c1nc(-c2ccc(OCCCCCOc3ccc(C(=N)N)cc3)cc2)cs1. The van der Waals surface area contributed by atoms with Crippen LogP contribution in [0.3, 0.4) is 0 Å². The zero-order valence-electron chi connectivity index (χ0n) is 17.6. The van der Waals surface area contributed by atoms with Gasteiger partial charge >= 0.3 is 0 Å². The van der Waals surface area contributed by atoms with Crippen molar-refractivity contribution in [3.63, 3.8) is 0 Å². The van der Waals surface area contributed by atoms with Gasteiger partial charge in [-0.05, 0) is 67.8 Å². The Hall–Kier alpha value is -2.86. The normalized spacial score (nSPS) is 10.9. The summed E-state index contributed by atoms with van der Waals surface area (Å²) in [6, 6.07) is 15.5. The number of rotatable bonds is 11. The van der Waals surface area contributed by atoms with E-state index < -0.39 is 0 Å². The highest BCUT2D eigenvalue weighted by Crippen LogP contribution is 2.27. The number of nitrogens with two attached hydrogens (primary N) is 1. The van der Waals surface area contributed by atoms with Crippen molar-refractivity contribution in [2.24, 2.45) is 5.73 Å². The molecule has 0 radical (unpaired) electrons. The number of unbranched alkanes of at least 4 members (excludes halogenated alkanes) is 2. The predicted molar refractivity (Wildman–Crippen MR) is 124 cm³/mol. The summed E-state index contributed by atoms with van der Waals surface area (Å²) in [6.07, 6.45) is 3.00. The average Bonchev–Trinajstić information content (AvgIpc) is 3.24. The molecule has 1 heterocycles. The van der Waals surface area contributed by atoms with Gasteiger partial charge < -0.3 is 15.2 Å². The first-order valence-electron chi connectivity index (χ1n) is 10.3. The van der Waals surface area contributed by atoms with E-state index in [2.05, 4.69) is 31.4 Å². The van der Waals surface area contributed by atoms with Gasteiger partial charge in [0, 0.05) is 22.4 Å². The second-order valence-corrected chi connectivity index (χ2v) is 8.34. The molecule has 0 bridgehead atoms. The smallest absolute Gasteiger partial charge is 0.122 e. The van der Waals surface area contributed by atoms with E-state index in [0.29, 0.717) is 24.7 Å². The van der Waals surface area contributed by atoms with Crippen molar-refractivity contribution in [1.82, 2.24) is 4.98 Å². The third kappa shape index (κ3) is 6.32. The maximum atomic E-state index is 7.39. The van der Waals surface area contributed by atoms with Gasteiger partial charge in [-0.2, -0.15) is 0 Å². The number of nitrogens with zero attached hydrogens (tertiary/aromatic N) is 1. The van der Waals surface area contributed by atoms with Gasteiger partial charge in [-0.1, -0.05) is 13.8 Å². The third-order valence-corrected chi connectivity index (χ3v) is 5.80. The van der Waals surface area contributed by atoms with Crippen molar-refractivity contribution in [3.8, 4) is 22.8 Å². The fourth-order valence-corrected chi connectivity index (χ4v) is 3.74. The lowest BCUT2D eigenvalue weighted by atomic mass is 10.1. The molecular formula is C24H29N3O2S. The van der Waals surface area contributed by atoms with Gasteiger partial charge in [0.25, 0.3) is 0 Å². The van der Waals surface area contributed by atoms with Crippen molar-refractivity contribution < 1.29 is 9.47 Å². The van der Waals surface area contributed by atoms with Gasteiger partial charge in [-0.3, -0.25) is 5.41 Å². The van der Waals surface area contributed by atoms with Gasteiger partial charge in [0.05, 0.1) is 23.9 Å². The first-order chi connectivity index (χ1) is 14.5. The standard InChI is InChI=1S/C24H29N3O2S/c1-17(2)24-27-22(16-30-24)18-6-10-20(11-7-18)28-14-4-3-5-15-29-21-12-8-19(9-13-21)23(25)26/h6-13,16-17H,3-5,14-15H2,1-2H3,(H3,25,26). The summed E-state index contributed by atoms with van der Waals surface area (Å²) in [4.78, 5) is 4.70. The molecule has 30 heavy (non-hydrogen) atoms. The van der Waals surface area contributed by atoms with Crippen molar-refractivity contribution in [1.29, 1.82) is 5.41 Å². The van der Waals surface area contributed by atoms with Crippen LogP contribution in [0.15, 0.2) is 53.9 Å². The topological polar surface area (TPSA) is 81.2 Å². The molecule has 2 aromatic carbocycles. The fraction of sp³-hybridized carbons (Fsp3) is 0.333. The average molecular weight is 424 g/mol. The van der Waals surface area contributed by atoms with E-state index in [1.54, 1.807) is 23.5 Å². The van der Waals surface area contributed by atoms with E-state index in [1.165, 1.54) is 5.01 Å². The van der Waals surface area contributed by atoms with Crippen molar-refractivity contribution in [2.75, 3.05) is 13.2 Å². The van der Waals surface area contributed by atoms with E-state index in [9.17, 15) is 0 Å². The highest BCUT2D eigenvalue weighted by atomic mass is 32.1. The van der Waals surface area contributed by atoms with Gasteiger partial charge in [0.2, 0.25) is 0 Å². The first kappa shape index (κ1) is 21.8. The van der Waals surface area contributed by atoms with Crippen molar-refractivity contribution in [2.45, 2.75) is 39.0 Å². The first-order valence-corrected chi connectivity index (χ1v) is 11.2. The zero-order chi connectivity index (χ0) is 21.3. The molecule has 0 unspecified atom stereocenters. The summed E-state index contributed by atoms with van der Waals surface area (Å²) in [5.41, 5.74) is 8.31. The van der Waals surface area contributed by atoms with Crippen LogP contribution in [0, 0.1) is 5.41 Å². The molecule has 0 aliphatic heterocycles. The highest BCUT2D eigenvalue weighted by molar-refractivity contribution is 7.10. The summed E-state index contributed by atoms with van der Waals surface area (Å²) >= 11 is 1.71. The van der Waals surface area contributed by atoms with E-state index in [1.807, 2.05) is 24.3 Å². The van der Waals surface area contributed by atoms with Crippen LogP contribution in [-0.2, 0) is 0 Å². The van der Waals surface area contributed by atoms with E-state index in [0.717, 1.165) is 42.0 Å². The van der Waals surface area contributed by atoms with Crippen LogP contribution >= 0.6 is 11.3 Å². The summed E-state index contributed by atoms with van der Waals surface area (Å²) < 4.78 is 11.6. The number of hydrogen-bond acceptors (Lipinski definition) is 5. The quantitative estimate of drug-likeness (QED) is 0.230. The number of hydrogen-bond donors (Lipinski definition) is 2. The zero-order valence-corrected chi connectivity index (χ0v) is 18.4. The lowest BCUT2D eigenvalue weighted by Gasteiger charge is -2.08. The minimum atomic E-state index is 0.0691. The lowest BCUT2D eigenvalue weighted by Crippen LogP contribution is -2.10. The Labute approximate surface area is 182 Å². The molecular weight excluding hydrogens is 394 g/mol. The minimum absolute atomic E-state index is 0.0691. The molecule has 3 aromatic rings. The Morgan fingerprint density at radius 2 is 1.50 bits per heavy atom. The van der Waals surface area contributed by atoms with Gasteiger partial charge in [-0.25, -0.2) is 4.98 Å². The van der Waals surface area contributed by atoms with E-state index in [-0.39, 0.29) is 5.84 Å². The molecule has 0 saturated heterocycles. The van der Waals surface area contributed by atoms with Crippen molar-refractivity contribution >= 4 is 17.2 Å². The molecule has 3 N–H and O–H groups in total. The van der Waals surface area contributed by atoms with Crippen LogP contribution < -0.4 is 15.2 Å². The Kier molecular flexibility index (Phi) is 7.85. The maximum Gasteiger partial charge on any atom is 0.122 e. The molecule has 0 aliphatic carbocycles. The number of aromatic nitrogens is 1. The number of thiazole rings is 1. The summed E-state index contributed by atoms with van der Waals surface area (Å²) in [5.74, 6) is 2.22. The Morgan fingerprint density at radius 1 is 0.933 bits per heavy atom. The van der Waals surface area contributed by atoms with Gasteiger partial charge in [0.1, 0.15) is 17.3 Å². The molecule has 6 heteroatoms. The predicted octanol–water partition coefficient (Wildman–Crippen LogP) is 5.85. The molecule has 0 spiro atoms. The minimum Gasteiger partial charge on any atom is -0.494 e. The molecule has 5 nitrogen and oxygen atoms in total. The molecule has 0 fully saturated rings. The molecule has 0 aliphatic rings. The Bertz CT molecular complexity index is 934. The molecule has 1 aromatic heterocycles. The lowest BCUT2D eigenvalue weighted by molar-refractivity contribution is 0.279. The molecule has 0 atom stereocenters. The van der Waals surface area contributed by atoms with Gasteiger partial charge in [-0.15, -0.1) is 11.3 Å². The largest absolute Gasteiger partial charge is 0.494 e. The van der Waals surface area contributed by atoms with Gasteiger partial charge in [0.15, 0.2) is 0 Å². The van der Waals surface area contributed by atoms with E-state index >= 15 is 0 Å².